The van der Waals surface area contributed by atoms with Gasteiger partial charge in [-0.1, -0.05) is 0 Å². The van der Waals surface area contributed by atoms with Crippen LogP contribution < -0.4 is 0 Å². The van der Waals surface area contributed by atoms with Crippen molar-refractivity contribution in [2.75, 3.05) is 41.0 Å². The molecule has 0 amide bonds. The third-order valence-electron chi connectivity index (χ3n) is 2.80. The molecule has 3 unspecified atom stereocenters. The lowest BCUT2D eigenvalue weighted by Gasteiger charge is -2.43. The van der Waals surface area contributed by atoms with Gasteiger partial charge < -0.3 is 28.4 Å². The first kappa shape index (κ1) is 12.2. The first-order chi connectivity index (χ1) is 7.86. The number of fused-ring (bicyclic) bond motifs is 1. The SMILES string of the molecule is COCC1OCOC2C1OCO[C@@H]2COC. The lowest BCUT2D eigenvalue weighted by molar-refractivity contribution is -0.330. The molecule has 0 aromatic rings. The van der Waals surface area contributed by atoms with Crippen molar-refractivity contribution in [1.29, 1.82) is 0 Å². The summed E-state index contributed by atoms with van der Waals surface area (Å²) in [5.41, 5.74) is 0. The van der Waals surface area contributed by atoms with Gasteiger partial charge in [0.1, 0.15) is 38.0 Å². The number of methoxy groups -OCH3 is 2. The Morgan fingerprint density at radius 3 is 1.62 bits per heavy atom. The third kappa shape index (κ3) is 2.53. The van der Waals surface area contributed by atoms with Crippen molar-refractivity contribution < 1.29 is 28.4 Å². The largest absolute Gasteiger partial charge is 0.382 e. The van der Waals surface area contributed by atoms with Gasteiger partial charge in [0.15, 0.2) is 0 Å². The first-order valence-corrected chi connectivity index (χ1v) is 5.31. The minimum absolute atomic E-state index is 0.105. The Morgan fingerprint density at radius 1 is 0.812 bits per heavy atom. The average molecular weight is 234 g/mol. The summed E-state index contributed by atoms with van der Waals surface area (Å²) < 4.78 is 32.1. The molecule has 2 aliphatic rings. The summed E-state index contributed by atoms with van der Waals surface area (Å²) in [5, 5.41) is 0. The number of rotatable bonds is 4. The molecule has 0 saturated carbocycles. The fourth-order valence-electron chi connectivity index (χ4n) is 2.04. The van der Waals surface area contributed by atoms with E-state index in [1.165, 1.54) is 0 Å². The van der Waals surface area contributed by atoms with Gasteiger partial charge in [-0.2, -0.15) is 0 Å². The molecule has 94 valence electrons. The highest BCUT2D eigenvalue weighted by Gasteiger charge is 2.44. The van der Waals surface area contributed by atoms with E-state index in [0.29, 0.717) is 13.2 Å². The summed E-state index contributed by atoms with van der Waals surface area (Å²) in [7, 11) is 3.28. The van der Waals surface area contributed by atoms with Crippen molar-refractivity contribution >= 4 is 0 Å². The van der Waals surface area contributed by atoms with Gasteiger partial charge in [0, 0.05) is 14.2 Å². The number of hydrogen-bond donors (Lipinski definition) is 0. The van der Waals surface area contributed by atoms with E-state index in [9.17, 15) is 0 Å². The maximum absolute atomic E-state index is 5.52. The van der Waals surface area contributed by atoms with E-state index >= 15 is 0 Å². The van der Waals surface area contributed by atoms with Crippen LogP contribution in [-0.2, 0) is 28.4 Å². The van der Waals surface area contributed by atoms with Gasteiger partial charge in [0.25, 0.3) is 0 Å². The molecule has 2 rings (SSSR count). The molecule has 2 fully saturated rings. The minimum atomic E-state index is -0.150. The maximum Gasteiger partial charge on any atom is 0.147 e. The second kappa shape index (κ2) is 5.90. The Hall–Kier alpha value is -0.240. The summed E-state index contributed by atoms with van der Waals surface area (Å²) in [6, 6.07) is 0. The van der Waals surface area contributed by atoms with Crippen LogP contribution in [0, 0.1) is 0 Å². The van der Waals surface area contributed by atoms with Gasteiger partial charge in [-0.3, -0.25) is 0 Å². The highest BCUT2D eigenvalue weighted by Crippen LogP contribution is 2.26. The Morgan fingerprint density at radius 2 is 1.25 bits per heavy atom. The van der Waals surface area contributed by atoms with Crippen molar-refractivity contribution in [3.05, 3.63) is 0 Å². The Kier molecular flexibility index (Phi) is 4.51. The number of hydrogen-bond acceptors (Lipinski definition) is 6. The molecule has 6 nitrogen and oxygen atoms in total. The van der Waals surface area contributed by atoms with Crippen molar-refractivity contribution in [3.8, 4) is 0 Å². The molecule has 0 aromatic heterocycles. The quantitative estimate of drug-likeness (QED) is 0.669. The zero-order chi connectivity index (χ0) is 11.4. The topological polar surface area (TPSA) is 55.4 Å². The van der Waals surface area contributed by atoms with Gasteiger partial charge >= 0.3 is 0 Å². The first-order valence-electron chi connectivity index (χ1n) is 5.31. The Balaban J connectivity index is 1.98. The summed E-state index contributed by atoms with van der Waals surface area (Å²) in [5.74, 6) is 0. The molecule has 0 aromatic carbocycles. The van der Waals surface area contributed by atoms with Crippen LogP contribution in [0.5, 0.6) is 0 Å². The Bertz CT molecular complexity index is 185. The summed E-state index contributed by atoms with van der Waals surface area (Å²) >= 11 is 0. The van der Waals surface area contributed by atoms with Crippen LogP contribution >= 0.6 is 0 Å². The predicted molar refractivity (Wildman–Crippen MR) is 53.0 cm³/mol. The van der Waals surface area contributed by atoms with Gasteiger partial charge in [-0.25, -0.2) is 0 Å². The Labute approximate surface area is 94.7 Å². The van der Waals surface area contributed by atoms with E-state index < -0.39 is 0 Å². The molecule has 2 aliphatic heterocycles. The molecule has 4 atom stereocenters. The molecule has 0 bridgehead atoms. The maximum atomic E-state index is 5.52. The van der Waals surface area contributed by atoms with Gasteiger partial charge in [0.2, 0.25) is 0 Å². The lowest BCUT2D eigenvalue weighted by Crippen LogP contribution is -2.59. The minimum Gasteiger partial charge on any atom is -0.382 e. The van der Waals surface area contributed by atoms with Crippen LogP contribution in [-0.4, -0.2) is 65.4 Å². The predicted octanol–water partition coefficient (Wildman–Crippen LogP) is -0.238. The highest BCUT2D eigenvalue weighted by atomic mass is 16.8. The van der Waals surface area contributed by atoms with Crippen LogP contribution in [0.3, 0.4) is 0 Å². The fourth-order valence-corrected chi connectivity index (χ4v) is 2.04. The molecule has 0 spiro atoms. The van der Waals surface area contributed by atoms with Crippen LogP contribution in [0.4, 0.5) is 0 Å². The van der Waals surface area contributed by atoms with E-state index in [-0.39, 0.29) is 38.0 Å². The van der Waals surface area contributed by atoms with Gasteiger partial charge in [-0.15, -0.1) is 0 Å². The van der Waals surface area contributed by atoms with Crippen LogP contribution in [0.1, 0.15) is 0 Å². The molecule has 0 aliphatic carbocycles. The molecule has 0 radical (unpaired) electrons. The fraction of sp³-hybridized carbons (Fsp3) is 1.00. The zero-order valence-corrected chi connectivity index (χ0v) is 9.59. The van der Waals surface area contributed by atoms with Crippen LogP contribution in [0.25, 0.3) is 0 Å². The van der Waals surface area contributed by atoms with Gasteiger partial charge in [0.05, 0.1) is 13.2 Å². The molecular weight excluding hydrogens is 216 g/mol. The standard InChI is InChI=1S/C10H18O6/c1-11-3-7-9-10(16-5-13-7)8(4-12-2)14-6-15-9/h7-10H,3-6H2,1-2H3/t7-,8?,9?,10?/m1/s1. The van der Waals surface area contributed by atoms with E-state index in [0.717, 1.165) is 0 Å². The van der Waals surface area contributed by atoms with Crippen molar-refractivity contribution in [1.82, 2.24) is 0 Å². The number of ether oxygens (including phenoxy) is 6. The normalized spacial score (nSPS) is 39.4. The molecule has 2 saturated heterocycles. The summed E-state index contributed by atoms with van der Waals surface area (Å²) in [6.07, 6.45) is -0.510. The van der Waals surface area contributed by atoms with Crippen molar-refractivity contribution in [2.24, 2.45) is 0 Å². The molecule has 16 heavy (non-hydrogen) atoms. The monoisotopic (exact) mass is 234 g/mol. The third-order valence-corrected chi connectivity index (χ3v) is 2.80. The molecule has 2 heterocycles. The summed E-state index contributed by atoms with van der Waals surface area (Å²) in [4.78, 5) is 0. The lowest BCUT2D eigenvalue weighted by atomic mass is 10.0. The van der Waals surface area contributed by atoms with E-state index in [4.69, 9.17) is 28.4 Å². The van der Waals surface area contributed by atoms with E-state index in [2.05, 4.69) is 0 Å². The second-order valence-electron chi connectivity index (χ2n) is 3.82. The van der Waals surface area contributed by atoms with E-state index in [1.807, 2.05) is 0 Å². The van der Waals surface area contributed by atoms with E-state index in [1.54, 1.807) is 14.2 Å². The molecule has 0 N–H and O–H groups in total. The van der Waals surface area contributed by atoms with Crippen LogP contribution in [0.15, 0.2) is 0 Å². The second-order valence-corrected chi connectivity index (χ2v) is 3.82. The molecule has 6 heteroatoms. The summed E-state index contributed by atoms with van der Waals surface area (Å²) in [6.45, 7) is 1.46. The smallest absolute Gasteiger partial charge is 0.147 e. The van der Waals surface area contributed by atoms with Crippen molar-refractivity contribution in [2.45, 2.75) is 24.4 Å². The zero-order valence-electron chi connectivity index (χ0n) is 9.59. The van der Waals surface area contributed by atoms with Crippen LogP contribution in [0.2, 0.25) is 0 Å². The van der Waals surface area contributed by atoms with Crippen molar-refractivity contribution in [3.63, 3.8) is 0 Å². The highest BCUT2D eigenvalue weighted by molar-refractivity contribution is 4.89. The molecular formula is C10H18O6. The van der Waals surface area contributed by atoms with Gasteiger partial charge in [-0.05, 0) is 0 Å². The average Bonchev–Trinajstić information content (AvgIpc) is 2.31.